The molecule has 5 nitrogen and oxygen atoms in total. The van der Waals surface area contributed by atoms with E-state index in [1.165, 1.54) is 0 Å². The van der Waals surface area contributed by atoms with Crippen LogP contribution in [0.5, 0.6) is 5.75 Å². The van der Waals surface area contributed by atoms with Crippen LogP contribution in [0.1, 0.15) is 16.8 Å². The Morgan fingerprint density at radius 2 is 1.94 bits per heavy atom. The first-order chi connectivity index (χ1) is 8.52. The Morgan fingerprint density at radius 1 is 1.22 bits per heavy atom. The summed E-state index contributed by atoms with van der Waals surface area (Å²) >= 11 is 0. The molecule has 0 aliphatic rings. The SMILES string of the molecule is Cc1ccc(-n2nc(CO)c(O)cc2=O)cc1C. The molecule has 0 unspecified atom stereocenters. The summed E-state index contributed by atoms with van der Waals surface area (Å²) in [5, 5.41) is 22.4. The average molecular weight is 246 g/mol. The third kappa shape index (κ3) is 2.12. The molecular formula is C13H14N2O3. The van der Waals surface area contributed by atoms with E-state index in [-0.39, 0.29) is 11.4 Å². The highest BCUT2D eigenvalue weighted by atomic mass is 16.3. The molecule has 1 heterocycles. The summed E-state index contributed by atoms with van der Waals surface area (Å²) in [6, 6.07) is 6.55. The summed E-state index contributed by atoms with van der Waals surface area (Å²) in [5.74, 6) is -0.289. The molecule has 0 fully saturated rings. The quantitative estimate of drug-likeness (QED) is 0.830. The van der Waals surface area contributed by atoms with Gasteiger partial charge in [-0.3, -0.25) is 4.79 Å². The molecule has 0 aliphatic heterocycles. The van der Waals surface area contributed by atoms with Crippen LogP contribution >= 0.6 is 0 Å². The minimum Gasteiger partial charge on any atom is -0.506 e. The summed E-state index contributed by atoms with van der Waals surface area (Å²) in [4.78, 5) is 11.8. The van der Waals surface area contributed by atoms with Gasteiger partial charge in [0, 0.05) is 6.07 Å². The Bertz CT molecular complexity index is 647. The van der Waals surface area contributed by atoms with E-state index in [0.717, 1.165) is 21.9 Å². The molecule has 1 aromatic carbocycles. The maximum atomic E-state index is 11.8. The topological polar surface area (TPSA) is 75.3 Å². The number of rotatable bonds is 2. The summed E-state index contributed by atoms with van der Waals surface area (Å²) < 4.78 is 1.16. The molecule has 18 heavy (non-hydrogen) atoms. The average Bonchev–Trinajstić information content (AvgIpc) is 2.33. The Morgan fingerprint density at radius 3 is 2.56 bits per heavy atom. The van der Waals surface area contributed by atoms with Gasteiger partial charge in [0.1, 0.15) is 11.4 Å². The Kier molecular flexibility index (Phi) is 3.16. The van der Waals surface area contributed by atoms with E-state index < -0.39 is 12.2 Å². The number of aryl methyl sites for hydroxylation is 2. The number of aliphatic hydroxyl groups is 1. The first-order valence-electron chi connectivity index (χ1n) is 5.53. The minimum absolute atomic E-state index is 0.0767. The Labute approximate surface area is 104 Å². The number of aromatic nitrogens is 2. The van der Waals surface area contributed by atoms with Gasteiger partial charge < -0.3 is 10.2 Å². The summed E-state index contributed by atoms with van der Waals surface area (Å²) in [5.41, 5.74) is 2.41. The molecule has 0 saturated heterocycles. The molecule has 0 radical (unpaired) electrons. The van der Waals surface area contributed by atoms with Gasteiger partial charge >= 0.3 is 0 Å². The van der Waals surface area contributed by atoms with Crippen molar-refractivity contribution in [3.63, 3.8) is 0 Å². The largest absolute Gasteiger partial charge is 0.506 e. The van der Waals surface area contributed by atoms with Crippen LogP contribution in [0, 0.1) is 13.8 Å². The number of hydrogen-bond acceptors (Lipinski definition) is 4. The fourth-order valence-corrected chi connectivity index (χ4v) is 1.64. The van der Waals surface area contributed by atoms with Gasteiger partial charge in [-0.05, 0) is 37.1 Å². The fraction of sp³-hybridized carbons (Fsp3) is 0.231. The monoisotopic (exact) mass is 246 g/mol. The molecule has 2 aromatic rings. The zero-order valence-electron chi connectivity index (χ0n) is 10.2. The van der Waals surface area contributed by atoms with Gasteiger partial charge in [0.2, 0.25) is 0 Å². The van der Waals surface area contributed by atoms with Crippen LogP contribution in [0.25, 0.3) is 5.69 Å². The lowest BCUT2D eigenvalue weighted by Crippen LogP contribution is -2.21. The summed E-state index contributed by atoms with van der Waals surface area (Å²) in [6.07, 6.45) is 0. The molecular weight excluding hydrogens is 232 g/mol. The zero-order chi connectivity index (χ0) is 13.3. The highest BCUT2D eigenvalue weighted by Gasteiger charge is 2.09. The lowest BCUT2D eigenvalue weighted by molar-refractivity contribution is 0.266. The molecule has 2 N–H and O–H groups in total. The van der Waals surface area contributed by atoms with Crippen molar-refractivity contribution in [1.82, 2.24) is 9.78 Å². The molecule has 2 rings (SSSR count). The van der Waals surface area contributed by atoms with Crippen LogP contribution < -0.4 is 5.56 Å². The van der Waals surface area contributed by atoms with Gasteiger partial charge in [0.15, 0.2) is 0 Å². The van der Waals surface area contributed by atoms with E-state index in [4.69, 9.17) is 5.11 Å². The molecule has 0 bridgehead atoms. The van der Waals surface area contributed by atoms with Crippen molar-refractivity contribution in [1.29, 1.82) is 0 Å². The van der Waals surface area contributed by atoms with Crippen LogP contribution in [-0.4, -0.2) is 20.0 Å². The van der Waals surface area contributed by atoms with Crippen molar-refractivity contribution in [3.8, 4) is 11.4 Å². The van der Waals surface area contributed by atoms with Crippen molar-refractivity contribution in [2.45, 2.75) is 20.5 Å². The highest BCUT2D eigenvalue weighted by molar-refractivity contribution is 5.39. The van der Waals surface area contributed by atoms with Crippen molar-refractivity contribution in [2.75, 3.05) is 0 Å². The van der Waals surface area contributed by atoms with Crippen LogP contribution in [0.2, 0.25) is 0 Å². The molecule has 0 aliphatic carbocycles. The molecule has 94 valence electrons. The van der Waals surface area contributed by atoms with E-state index in [1.807, 2.05) is 26.0 Å². The Balaban J connectivity index is 2.63. The number of aliphatic hydroxyl groups excluding tert-OH is 1. The van der Waals surface area contributed by atoms with Gasteiger partial charge in [0.05, 0.1) is 12.3 Å². The third-order valence-electron chi connectivity index (χ3n) is 2.87. The molecule has 5 heteroatoms. The lowest BCUT2D eigenvalue weighted by Gasteiger charge is -2.09. The zero-order valence-corrected chi connectivity index (χ0v) is 10.2. The van der Waals surface area contributed by atoms with Gasteiger partial charge in [0.25, 0.3) is 5.56 Å². The van der Waals surface area contributed by atoms with Gasteiger partial charge in [-0.15, -0.1) is 0 Å². The number of benzene rings is 1. The first-order valence-corrected chi connectivity index (χ1v) is 5.53. The maximum absolute atomic E-state index is 11.8. The molecule has 0 saturated carbocycles. The fourth-order valence-electron chi connectivity index (χ4n) is 1.64. The summed E-state index contributed by atoms with van der Waals surface area (Å²) in [7, 11) is 0. The van der Waals surface area contributed by atoms with Crippen molar-refractivity contribution in [2.24, 2.45) is 0 Å². The predicted molar refractivity (Wildman–Crippen MR) is 66.9 cm³/mol. The maximum Gasteiger partial charge on any atom is 0.275 e. The van der Waals surface area contributed by atoms with Crippen LogP contribution in [0.15, 0.2) is 29.1 Å². The van der Waals surface area contributed by atoms with E-state index >= 15 is 0 Å². The molecule has 0 atom stereocenters. The summed E-state index contributed by atoms with van der Waals surface area (Å²) in [6.45, 7) is 3.50. The second-order valence-corrected chi connectivity index (χ2v) is 4.15. The first kappa shape index (κ1) is 12.3. The van der Waals surface area contributed by atoms with Crippen LogP contribution in [0.4, 0.5) is 0 Å². The van der Waals surface area contributed by atoms with E-state index in [2.05, 4.69) is 5.10 Å². The smallest absolute Gasteiger partial charge is 0.275 e. The van der Waals surface area contributed by atoms with Crippen molar-refractivity contribution < 1.29 is 10.2 Å². The van der Waals surface area contributed by atoms with Gasteiger partial charge in [-0.1, -0.05) is 6.07 Å². The van der Waals surface area contributed by atoms with E-state index in [9.17, 15) is 9.90 Å². The van der Waals surface area contributed by atoms with Gasteiger partial charge in [-0.25, -0.2) is 0 Å². The molecule has 0 amide bonds. The van der Waals surface area contributed by atoms with Crippen LogP contribution in [-0.2, 0) is 6.61 Å². The number of nitrogens with zero attached hydrogens (tertiary/aromatic N) is 2. The molecule has 0 spiro atoms. The van der Waals surface area contributed by atoms with Gasteiger partial charge in [-0.2, -0.15) is 9.78 Å². The van der Waals surface area contributed by atoms with E-state index in [0.29, 0.717) is 5.69 Å². The number of aromatic hydroxyl groups is 1. The minimum atomic E-state index is -0.437. The second kappa shape index (κ2) is 4.62. The number of hydrogen-bond donors (Lipinski definition) is 2. The highest BCUT2D eigenvalue weighted by Crippen LogP contribution is 2.15. The van der Waals surface area contributed by atoms with E-state index in [1.54, 1.807) is 6.07 Å². The Hall–Kier alpha value is -2.14. The van der Waals surface area contributed by atoms with Crippen molar-refractivity contribution in [3.05, 3.63) is 51.4 Å². The van der Waals surface area contributed by atoms with Crippen LogP contribution in [0.3, 0.4) is 0 Å². The second-order valence-electron chi connectivity index (χ2n) is 4.15. The lowest BCUT2D eigenvalue weighted by atomic mass is 10.1. The van der Waals surface area contributed by atoms with Crippen molar-refractivity contribution >= 4 is 0 Å². The third-order valence-corrected chi connectivity index (χ3v) is 2.87. The standard InChI is InChI=1S/C13H14N2O3/c1-8-3-4-10(5-9(8)2)15-13(18)6-12(17)11(7-16)14-15/h3-6,16-17H,7H2,1-2H3. The predicted octanol–water partition coefficient (Wildman–Crippen LogP) is 1.05. The molecule has 1 aromatic heterocycles. The normalized spacial score (nSPS) is 10.6.